The van der Waals surface area contributed by atoms with E-state index in [9.17, 15) is 14.0 Å². The summed E-state index contributed by atoms with van der Waals surface area (Å²) in [4.78, 5) is 23.4. The van der Waals surface area contributed by atoms with E-state index in [0.29, 0.717) is 5.69 Å². The van der Waals surface area contributed by atoms with Gasteiger partial charge in [0.2, 0.25) is 0 Å². The van der Waals surface area contributed by atoms with Gasteiger partial charge < -0.3 is 10.1 Å². The van der Waals surface area contributed by atoms with E-state index in [-0.39, 0.29) is 10.6 Å². The molecule has 1 amide bonds. The van der Waals surface area contributed by atoms with Gasteiger partial charge in [0.25, 0.3) is 5.91 Å². The fourth-order valence-electron chi connectivity index (χ4n) is 1.67. The number of rotatable bonds is 4. The smallest absolute Gasteiger partial charge is 0.338 e. The number of ether oxygens (including phenoxy) is 1. The first-order valence-corrected chi connectivity index (χ1v) is 6.82. The van der Waals surface area contributed by atoms with Crippen LogP contribution in [0.25, 0.3) is 0 Å². The number of hydrogen-bond donors (Lipinski definition) is 1. The summed E-state index contributed by atoms with van der Waals surface area (Å²) in [6.07, 6.45) is 0. The van der Waals surface area contributed by atoms with E-state index in [0.717, 1.165) is 17.7 Å². The first-order chi connectivity index (χ1) is 10.5. The predicted octanol–water partition coefficient (Wildman–Crippen LogP) is 3.58. The van der Waals surface area contributed by atoms with Crippen LogP contribution in [0.2, 0.25) is 5.02 Å². The number of aryl methyl sites for hydroxylation is 1. The molecule has 114 valence electrons. The maximum atomic E-state index is 13.0. The normalized spacial score (nSPS) is 10.1. The molecule has 0 saturated heterocycles. The lowest BCUT2D eigenvalue weighted by atomic mass is 10.2. The van der Waals surface area contributed by atoms with Crippen LogP contribution in [0.5, 0.6) is 0 Å². The van der Waals surface area contributed by atoms with Crippen molar-refractivity contribution in [2.75, 3.05) is 11.9 Å². The van der Waals surface area contributed by atoms with Crippen LogP contribution in [0.4, 0.5) is 10.1 Å². The zero-order valence-corrected chi connectivity index (χ0v) is 12.5. The molecule has 2 aromatic rings. The van der Waals surface area contributed by atoms with Gasteiger partial charge in [-0.05, 0) is 37.3 Å². The van der Waals surface area contributed by atoms with Gasteiger partial charge in [0.15, 0.2) is 6.61 Å². The molecule has 0 bridgehead atoms. The number of amides is 1. The molecule has 0 fully saturated rings. The van der Waals surface area contributed by atoms with E-state index in [1.54, 1.807) is 12.1 Å². The van der Waals surface area contributed by atoms with Crippen LogP contribution < -0.4 is 5.32 Å². The molecule has 0 radical (unpaired) electrons. The summed E-state index contributed by atoms with van der Waals surface area (Å²) in [6, 6.07) is 10.6. The third kappa shape index (κ3) is 4.30. The van der Waals surface area contributed by atoms with Gasteiger partial charge in [0, 0.05) is 5.69 Å². The minimum absolute atomic E-state index is 0.0783. The summed E-state index contributed by atoms with van der Waals surface area (Å²) in [7, 11) is 0. The number of carbonyl (C=O) groups is 2. The third-order valence-corrected chi connectivity index (χ3v) is 3.11. The van der Waals surface area contributed by atoms with Crippen molar-refractivity contribution in [3.8, 4) is 0 Å². The molecular weight excluding hydrogens is 309 g/mol. The van der Waals surface area contributed by atoms with Crippen LogP contribution in [-0.2, 0) is 9.53 Å². The van der Waals surface area contributed by atoms with Gasteiger partial charge in [0.05, 0.1) is 10.6 Å². The quantitative estimate of drug-likeness (QED) is 0.876. The van der Waals surface area contributed by atoms with E-state index in [2.05, 4.69) is 5.32 Å². The van der Waals surface area contributed by atoms with Crippen LogP contribution in [0.1, 0.15) is 15.9 Å². The first-order valence-electron chi connectivity index (χ1n) is 6.44. The number of hydrogen-bond acceptors (Lipinski definition) is 3. The topological polar surface area (TPSA) is 55.4 Å². The summed E-state index contributed by atoms with van der Waals surface area (Å²) in [5, 5.41) is 2.41. The Kier molecular flexibility index (Phi) is 5.12. The fraction of sp³-hybridized carbons (Fsp3) is 0.125. The summed E-state index contributed by atoms with van der Waals surface area (Å²) >= 11 is 5.58. The Labute approximate surface area is 131 Å². The lowest BCUT2D eigenvalue weighted by Gasteiger charge is -2.07. The maximum Gasteiger partial charge on any atom is 0.338 e. The number of benzene rings is 2. The number of carbonyl (C=O) groups excluding carboxylic acids is 2. The lowest BCUT2D eigenvalue weighted by Crippen LogP contribution is -2.20. The summed E-state index contributed by atoms with van der Waals surface area (Å²) in [6.45, 7) is 1.49. The molecule has 1 N–H and O–H groups in total. The number of nitrogens with one attached hydrogen (secondary N) is 1. The van der Waals surface area contributed by atoms with Gasteiger partial charge in [-0.1, -0.05) is 29.3 Å². The van der Waals surface area contributed by atoms with Gasteiger partial charge in [-0.25, -0.2) is 9.18 Å². The van der Waals surface area contributed by atoms with Crippen molar-refractivity contribution in [2.24, 2.45) is 0 Å². The van der Waals surface area contributed by atoms with Gasteiger partial charge in [-0.2, -0.15) is 0 Å². The second-order valence-electron chi connectivity index (χ2n) is 4.62. The molecule has 0 spiro atoms. The maximum absolute atomic E-state index is 13.0. The molecule has 0 unspecified atom stereocenters. The Hall–Kier alpha value is -2.40. The zero-order valence-electron chi connectivity index (χ0n) is 11.7. The molecule has 0 aliphatic heterocycles. The molecular formula is C16H13ClFNO3. The Morgan fingerprint density at radius 1 is 1.18 bits per heavy atom. The Bertz CT molecular complexity index is 701. The van der Waals surface area contributed by atoms with Gasteiger partial charge >= 0.3 is 5.97 Å². The summed E-state index contributed by atoms with van der Waals surface area (Å²) in [5.74, 6) is -1.85. The van der Waals surface area contributed by atoms with Crippen molar-refractivity contribution in [1.82, 2.24) is 0 Å². The molecule has 6 heteroatoms. The highest BCUT2D eigenvalue weighted by atomic mass is 35.5. The lowest BCUT2D eigenvalue weighted by molar-refractivity contribution is -0.119. The van der Waals surface area contributed by atoms with Crippen LogP contribution in [0, 0.1) is 12.7 Å². The second kappa shape index (κ2) is 7.04. The van der Waals surface area contributed by atoms with E-state index in [4.69, 9.17) is 16.3 Å². The number of anilines is 1. The molecule has 0 heterocycles. The van der Waals surface area contributed by atoms with Crippen molar-refractivity contribution in [2.45, 2.75) is 6.92 Å². The monoisotopic (exact) mass is 321 g/mol. The zero-order chi connectivity index (χ0) is 16.1. The largest absolute Gasteiger partial charge is 0.452 e. The average Bonchev–Trinajstić information content (AvgIpc) is 2.50. The second-order valence-corrected chi connectivity index (χ2v) is 5.03. The third-order valence-electron chi connectivity index (χ3n) is 2.82. The van der Waals surface area contributed by atoms with Gasteiger partial charge in [-0.3, -0.25) is 4.79 Å². The Morgan fingerprint density at radius 2 is 1.86 bits per heavy atom. The van der Waals surface area contributed by atoms with Crippen LogP contribution >= 0.6 is 11.6 Å². The SMILES string of the molecule is Cc1ccc(NC(=O)COC(=O)c2ccc(F)c(Cl)c2)cc1. The molecule has 2 aromatic carbocycles. The Balaban J connectivity index is 1.88. The van der Waals surface area contributed by atoms with E-state index in [1.807, 2.05) is 19.1 Å². The average molecular weight is 322 g/mol. The highest BCUT2D eigenvalue weighted by molar-refractivity contribution is 6.31. The highest BCUT2D eigenvalue weighted by Crippen LogP contribution is 2.16. The number of esters is 1. The van der Waals surface area contributed by atoms with Crippen molar-refractivity contribution in [3.05, 3.63) is 64.4 Å². The summed E-state index contributed by atoms with van der Waals surface area (Å²) in [5.41, 5.74) is 1.75. The highest BCUT2D eigenvalue weighted by Gasteiger charge is 2.12. The van der Waals surface area contributed by atoms with Gasteiger partial charge in [-0.15, -0.1) is 0 Å². The predicted molar refractivity (Wildman–Crippen MR) is 81.5 cm³/mol. The first kappa shape index (κ1) is 16.0. The van der Waals surface area contributed by atoms with E-state index in [1.165, 1.54) is 6.07 Å². The van der Waals surface area contributed by atoms with Crippen molar-refractivity contribution in [1.29, 1.82) is 0 Å². The Morgan fingerprint density at radius 3 is 2.50 bits per heavy atom. The standard InChI is InChI=1S/C16H13ClFNO3/c1-10-2-5-12(6-3-10)19-15(20)9-22-16(21)11-4-7-14(18)13(17)8-11/h2-8H,9H2,1H3,(H,19,20). The van der Waals surface area contributed by atoms with Gasteiger partial charge in [0.1, 0.15) is 5.82 Å². The molecule has 0 saturated carbocycles. The molecule has 4 nitrogen and oxygen atoms in total. The summed E-state index contributed by atoms with van der Waals surface area (Å²) < 4.78 is 17.8. The van der Waals surface area contributed by atoms with Crippen LogP contribution in [0.15, 0.2) is 42.5 Å². The van der Waals surface area contributed by atoms with E-state index >= 15 is 0 Å². The molecule has 0 aromatic heterocycles. The van der Waals surface area contributed by atoms with Crippen LogP contribution in [-0.4, -0.2) is 18.5 Å². The molecule has 0 aliphatic rings. The molecule has 22 heavy (non-hydrogen) atoms. The molecule has 2 rings (SSSR count). The minimum Gasteiger partial charge on any atom is -0.452 e. The van der Waals surface area contributed by atoms with Crippen molar-refractivity contribution < 1.29 is 18.7 Å². The van der Waals surface area contributed by atoms with Crippen LogP contribution in [0.3, 0.4) is 0 Å². The van der Waals surface area contributed by atoms with E-state index < -0.39 is 24.3 Å². The fourth-order valence-corrected chi connectivity index (χ4v) is 1.85. The van der Waals surface area contributed by atoms with Crippen molar-refractivity contribution in [3.63, 3.8) is 0 Å². The van der Waals surface area contributed by atoms with Crippen molar-refractivity contribution >= 4 is 29.2 Å². The number of halogens is 2. The minimum atomic E-state index is -0.749. The molecule has 0 atom stereocenters. The molecule has 0 aliphatic carbocycles.